The Morgan fingerprint density at radius 2 is 1.81 bits per heavy atom. The number of rotatable bonds is 3. The van der Waals surface area contributed by atoms with E-state index in [1.165, 1.54) is 4.31 Å². The molecule has 0 bridgehead atoms. The van der Waals surface area contributed by atoms with E-state index in [0.29, 0.717) is 10.4 Å². The molecule has 1 aromatic rings. The van der Waals surface area contributed by atoms with E-state index in [0.717, 1.165) is 25.7 Å². The van der Waals surface area contributed by atoms with E-state index in [2.05, 4.69) is 22.9 Å². The van der Waals surface area contributed by atoms with Gasteiger partial charge in [-0.05, 0) is 30.9 Å². The SMILES string of the molecule is CC1CCCC(N(C)S(=O)(=O)c2c(Cl)cc(Br)cc2Cl)C1. The van der Waals surface area contributed by atoms with E-state index in [1.807, 2.05) is 0 Å². The molecular weight excluding hydrogens is 397 g/mol. The van der Waals surface area contributed by atoms with Crippen LogP contribution in [0.15, 0.2) is 21.5 Å². The number of hydrogen-bond donors (Lipinski definition) is 0. The fourth-order valence-corrected chi connectivity index (χ4v) is 6.12. The molecule has 1 aliphatic carbocycles. The van der Waals surface area contributed by atoms with E-state index in [1.54, 1.807) is 19.2 Å². The number of hydrogen-bond acceptors (Lipinski definition) is 2. The molecule has 1 aliphatic rings. The third-order valence-corrected chi connectivity index (χ3v) is 7.31. The van der Waals surface area contributed by atoms with Crippen molar-refractivity contribution >= 4 is 49.2 Å². The highest BCUT2D eigenvalue weighted by Crippen LogP contribution is 2.37. The second kappa shape index (κ2) is 6.75. The van der Waals surface area contributed by atoms with Crippen LogP contribution in [0.25, 0.3) is 0 Å². The molecular formula is C14H18BrCl2NO2S. The van der Waals surface area contributed by atoms with Crippen molar-refractivity contribution in [2.75, 3.05) is 7.05 Å². The van der Waals surface area contributed by atoms with Crippen LogP contribution in [0, 0.1) is 5.92 Å². The molecule has 1 fully saturated rings. The Kier molecular flexibility index (Phi) is 5.64. The Hall–Kier alpha value is 0.190. The van der Waals surface area contributed by atoms with Crippen molar-refractivity contribution in [2.24, 2.45) is 5.92 Å². The third-order valence-electron chi connectivity index (χ3n) is 4.02. The zero-order chi connectivity index (χ0) is 15.8. The number of nitrogens with zero attached hydrogens (tertiary/aromatic N) is 1. The summed E-state index contributed by atoms with van der Waals surface area (Å²) in [5.41, 5.74) is 0. The van der Waals surface area contributed by atoms with Crippen LogP contribution >= 0.6 is 39.1 Å². The maximum Gasteiger partial charge on any atom is 0.246 e. The maximum atomic E-state index is 12.8. The van der Waals surface area contributed by atoms with Gasteiger partial charge in [0.15, 0.2) is 0 Å². The molecule has 0 aromatic heterocycles. The molecule has 0 N–H and O–H groups in total. The molecule has 0 saturated heterocycles. The summed E-state index contributed by atoms with van der Waals surface area (Å²) >= 11 is 15.5. The summed E-state index contributed by atoms with van der Waals surface area (Å²) in [6.07, 6.45) is 3.96. The van der Waals surface area contributed by atoms with Crippen LogP contribution in [0.3, 0.4) is 0 Å². The third kappa shape index (κ3) is 3.75. The molecule has 0 amide bonds. The van der Waals surface area contributed by atoms with Gasteiger partial charge in [0.2, 0.25) is 10.0 Å². The van der Waals surface area contributed by atoms with Crippen LogP contribution in [-0.4, -0.2) is 25.8 Å². The summed E-state index contributed by atoms with van der Waals surface area (Å²) < 4.78 is 27.8. The van der Waals surface area contributed by atoms with Gasteiger partial charge in [-0.15, -0.1) is 0 Å². The quantitative estimate of drug-likeness (QED) is 0.701. The molecule has 0 radical (unpaired) electrons. The highest BCUT2D eigenvalue weighted by Gasteiger charge is 2.33. The summed E-state index contributed by atoms with van der Waals surface area (Å²) in [6, 6.07) is 3.12. The zero-order valence-electron chi connectivity index (χ0n) is 11.9. The summed E-state index contributed by atoms with van der Waals surface area (Å²) in [6.45, 7) is 2.16. The summed E-state index contributed by atoms with van der Waals surface area (Å²) in [5, 5.41) is 0.287. The lowest BCUT2D eigenvalue weighted by atomic mass is 9.87. The van der Waals surface area contributed by atoms with Crippen molar-refractivity contribution in [1.29, 1.82) is 0 Å². The topological polar surface area (TPSA) is 37.4 Å². The Morgan fingerprint density at radius 3 is 2.33 bits per heavy atom. The van der Waals surface area contributed by atoms with Gasteiger partial charge in [0.25, 0.3) is 0 Å². The number of benzene rings is 1. The standard InChI is InChI=1S/C14H18BrCl2NO2S/c1-9-4-3-5-11(6-9)18(2)21(19,20)14-12(16)7-10(15)8-13(14)17/h7-9,11H,3-6H2,1-2H3. The molecule has 2 atom stereocenters. The predicted molar refractivity (Wildman–Crippen MR) is 90.5 cm³/mol. The van der Waals surface area contributed by atoms with Gasteiger partial charge < -0.3 is 0 Å². The first kappa shape index (κ1) is 17.5. The van der Waals surface area contributed by atoms with Crippen molar-refractivity contribution in [3.8, 4) is 0 Å². The smallest absolute Gasteiger partial charge is 0.207 e. The molecule has 7 heteroatoms. The molecule has 0 aliphatic heterocycles. The fourth-order valence-electron chi connectivity index (χ4n) is 2.85. The van der Waals surface area contributed by atoms with Crippen LogP contribution in [0.1, 0.15) is 32.6 Å². The highest BCUT2D eigenvalue weighted by atomic mass is 79.9. The van der Waals surface area contributed by atoms with Crippen molar-refractivity contribution in [3.05, 3.63) is 26.7 Å². The van der Waals surface area contributed by atoms with Crippen LogP contribution in [-0.2, 0) is 10.0 Å². The van der Waals surface area contributed by atoms with Crippen molar-refractivity contribution < 1.29 is 8.42 Å². The van der Waals surface area contributed by atoms with Gasteiger partial charge in [0.05, 0.1) is 10.0 Å². The van der Waals surface area contributed by atoms with E-state index >= 15 is 0 Å². The summed E-state index contributed by atoms with van der Waals surface area (Å²) in [4.78, 5) is -0.00485. The van der Waals surface area contributed by atoms with Gasteiger partial charge in [0.1, 0.15) is 4.90 Å². The minimum Gasteiger partial charge on any atom is -0.207 e. The largest absolute Gasteiger partial charge is 0.246 e. The van der Waals surface area contributed by atoms with Crippen LogP contribution in [0.4, 0.5) is 0 Å². The van der Waals surface area contributed by atoms with Crippen LogP contribution in [0.2, 0.25) is 10.0 Å². The van der Waals surface area contributed by atoms with Gasteiger partial charge in [0, 0.05) is 17.6 Å². The van der Waals surface area contributed by atoms with Crippen molar-refractivity contribution in [3.63, 3.8) is 0 Å². The Morgan fingerprint density at radius 1 is 1.24 bits per heavy atom. The second-order valence-electron chi connectivity index (χ2n) is 5.65. The first-order valence-corrected chi connectivity index (χ1v) is 9.85. The van der Waals surface area contributed by atoms with Crippen molar-refractivity contribution in [2.45, 2.75) is 43.5 Å². The molecule has 2 rings (SSSR count). The summed E-state index contributed by atoms with van der Waals surface area (Å²) in [5.74, 6) is 0.539. The lowest BCUT2D eigenvalue weighted by Gasteiger charge is -2.33. The van der Waals surface area contributed by atoms with E-state index < -0.39 is 10.0 Å². The van der Waals surface area contributed by atoms with Gasteiger partial charge in [-0.2, -0.15) is 4.31 Å². The Labute approximate surface area is 144 Å². The van der Waals surface area contributed by atoms with Crippen LogP contribution < -0.4 is 0 Å². The lowest BCUT2D eigenvalue weighted by molar-refractivity contribution is 0.239. The molecule has 1 aromatic carbocycles. The molecule has 2 unspecified atom stereocenters. The molecule has 118 valence electrons. The fraction of sp³-hybridized carbons (Fsp3) is 0.571. The van der Waals surface area contributed by atoms with E-state index in [4.69, 9.17) is 23.2 Å². The first-order chi connectivity index (χ1) is 9.73. The molecule has 3 nitrogen and oxygen atoms in total. The monoisotopic (exact) mass is 413 g/mol. The molecule has 1 saturated carbocycles. The molecule has 0 spiro atoms. The van der Waals surface area contributed by atoms with E-state index in [-0.39, 0.29) is 21.0 Å². The number of sulfonamides is 1. The summed E-state index contributed by atoms with van der Waals surface area (Å²) in [7, 11) is -2.07. The minimum absolute atomic E-state index is 0.00485. The minimum atomic E-state index is -3.69. The van der Waals surface area contributed by atoms with Gasteiger partial charge in [-0.3, -0.25) is 0 Å². The average Bonchev–Trinajstić information content (AvgIpc) is 2.36. The van der Waals surface area contributed by atoms with Gasteiger partial charge in [-0.25, -0.2) is 8.42 Å². The number of halogens is 3. The van der Waals surface area contributed by atoms with Crippen molar-refractivity contribution in [1.82, 2.24) is 4.31 Å². The normalized spacial score (nSPS) is 23.5. The maximum absolute atomic E-state index is 12.8. The van der Waals surface area contributed by atoms with Crippen LogP contribution in [0.5, 0.6) is 0 Å². The van der Waals surface area contributed by atoms with E-state index in [9.17, 15) is 8.42 Å². The Bertz CT molecular complexity index is 613. The first-order valence-electron chi connectivity index (χ1n) is 6.86. The average molecular weight is 415 g/mol. The van der Waals surface area contributed by atoms with Gasteiger partial charge in [-0.1, -0.05) is 58.9 Å². The highest BCUT2D eigenvalue weighted by molar-refractivity contribution is 9.10. The zero-order valence-corrected chi connectivity index (χ0v) is 15.9. The molecule has 21 heavy (non-hydrogen) atoms. The second-order valence-corrected chi connectivity index (χ2v) is 9.31. The Balaban J connectivity index is 2.38. The lowest BCUT2D eigenvalue weighted by Crippen LogP contribution is -2.40. The van der Waals surface area contributed by atoms with Gasteiger partial charge >= 0.3 is 0 Å². The molecule has 0 heterocycles. The predicted octanol–water partition coefficient (Wildman–Crippen LogP) is 4.96.